The molecule has 0 unspecified atom stereocenters. The maximum atomic E-state index is 13.8. The summed E-state index contributed by atoms with van der Waals surface area (Å²) in [5.41, 5.74) is 4.80. The molecule has 2 aliphatic heterocycles. The van der Waals surface area contributed by atoms with Gasteiger partial charge >= 0.3 is 0 Å². The summed E-state index contributed by atoms with van der Waals surface area (Å²) in [6.45, 7) is 15.5. The predicted octanol–water partition coefficient (Wildman–Crippen LogP) is 5.95. The number of hydrogen-bond acceptors (Lipinski definition) is 5. The molecule has 36 heavy (non-hydrogen) atoms. The molecule has 5 nitrogen and oxygen atoms in total. The molecule has 1 saturated heterocycles. The minimum Gasteiger partial charge on any atom is -0.353 e. The lowest BCUT2D eigenvalue weighted by Gasteiger charge is -2.42. The number of carbonyl (C=O) groups excluding carboxylic acids is 1. The number of halogens is 2. The first-order chi connectivity index (χ1) is 16.6. The van der Waals surface area contributed by atoms with Crippen molar-refractivity contribution in [1.82, 2.24) is 9.27 Å². The van der Waals surface area contributed by atoms with Gasteiger partial charge in [0.1, 0.15) is 11.6 Å². The number of aryl methyl sites for hydroxylation is 1. The van der Waals surface area contributed by atoms with E-state index in [4.69, 9.17) is 0 Å². The van der Waals surface area contributed by atoms with E-state index in [-0.39, 0.29) is 35.6 Å². The summed E-state index contributed by atoms with van der Waals surface area (Å²) < 4.78 is 19.4. The zero-order chi connectivity index (χ0) is 24.9. The summed E-state index contributed by atoms with van der Waals surface area (Å²) in [5.74, 6) is 0.935. The van der Waals surface area contributed by atoms with Crippen molar-refractivity contribution in [2.24, 2.45) is 0 Å². The van der Waals surface area contributed by atoms with Gasteiger partial charge in [0.15, 0.2) is 0 Å². The van der Waals surface area contributed by atoms with Crippen molar-refractivity contribution in [3.8, 4) is 0 Å². The van der Waals surface area contributed by atoms with Crippen LogP contribution in [0, 0.1) is 12.7 Å². The van der Waals surface area contributed by atoms with Gasteiger partial charge in [-0.2, -0.15) is 4.37 Å². The molecule has 194 valence electrons. The van der Waals surface area contributed by atoms with Crippen LogP contribution in [0.15, 0.2) is 30.3 Å². The first-order valence-corrected chi connectivity index (χ1v) is 13.4. The minimum absolute atomic E-state index is 0. The smallest absolute Gasteiger partial charge is 0.228 e. The SMILES string of the molecule is Cc1cc(CCN2CCN(c3nsc4ccc(F)cc34)CC2)cc2c1N(C(C)C)C(=O)CC2(C)C.Cl. The van der Waals surface area contributed by atoms with E-state index in [0.717, 1.165) is 60.7 Å². The summed E-state index contributed by atoms with van der Waals surface area (Å²) in [6.07, 6.45) is 1.54. The van der Waals surface area contributed by atoms with Crippen molar-refractivity contribution in [3.63, 3.8) is 0 Å². The molecular formula is C28H36ClFN4OS. The van der Waals surface area contributed by atoms with Crippen LogP contribution in [0.2, 0.25) is 0 Å². The molecule has 2 aliphatic rings. The van der Waals surface area contributed by atoms with Gasteiger partial charge in [0.05, 0.1) is 10.4 Å². The Morgan fingerprint density at radius 2 is 1.83 bits per heavy atom. The summed E-state index contributed by atoms with van der Waals surface area (Å²) in [5, 5.41) is 0.921. The van der Waals surface area contributed by atoms with E-state index in [9.17, 15) is 9.18 Å². The van der Waals surface area contributed by atoms with Crippen LogP contribution in [0.1, 0.15) is 50.8 Å². The third-order valence-corrected chi connectivity index (χ3v) is 8.33. The normalized spacial score (nSPS) is 18.0. The number of rotatable bonds is 5. The molecule has 0 radical (unpaired) electrons. The first kappa shape index (κ1) is 26.8. The molecular weight excluding hydrogens is 495 g/mol. The molecule has 3 heterocycles. The topological polar surface area (TPSA) is 39.7 Å². The largest absolute Gasteiger partial charge is 0.353 e. The zero-order valence-corrected chi connectivity index (χ0v) is 23.4. The molecule has 0 saturated carbocycles. The molecule has 1 amide bonds. The van der Waals surface area contributed by atoms with Crippen LogP contribution in [-0.4, -0.2) is 53.9 Å². The Hall–Kier alpha value is -2.22. The van der Waals surface area contributed by atoms with Crippen molar-refractivity contribution in [3.05, 3.63) is 52.8 Å². The third-order valence-electron chi connectivity index (χ3n) is 7.51. The van der Waals surface area contributed by atoms with Crippen LogP contribution in [0.25, 0.3) is 10.1 Å². The van der Waals surface area contributed by atoms with E-state index < -0.39 is 0 Å². The summed E-state index contributed by atoms with van der Waals surface area (Å²) >= 11 is 1.44. The van der Waals surface area contributed by atoms with Gasteiger partial charge in [-0.15, -0.1) is 12.4 Å². The third kappa shape index (κ3) is 4.98. The number of fused-ring (bicyclic) bond motifs is 2. The Balaban J connectivity index is 0.00000304. The number of nitrogens with zero attached hydrogens (tertiary/aromatic N) is 4. The van der Waals surface area contributed by atoms with E-state index in [0.29, 0.717) is 6.42 Å². The average Bonchev–Trinajstić information content (AvgIpc) is 3.21. The molecule has 0 spiro atoms. The van der Waals surface area contributed by atoms with Gasteiger partial charge in [-0.05, 0) is 73.6 Å². The molecule has 1 fully saturated rings. The second-order valence-corrected chi connectivity index (χ2v) is 11.8. The van der Waals surface area contributed by atoms with Crippen molar-refractivity contribution in [1.29, 1.82) is 0 Å². The summed E-state index contributed by atoms with van der Waals surface area (Å²) in [4.78, 5) is 19.7. The molecule has 0 aliphatic carbocycles. The van der Waals surface area contributed by atoms with Crippen molar-refractivity contribution in [2.45, 2.75) is 58.9 Å². The van der Waals surface area contributed by atoms with Crippen LogP contribution in [0.4, 0.5) is 15.9 Å². The quantitative estimate of drug-likeness (QED) is 0.408. The van der Waals surface area contributed by atoms with Crippen LogP contribution in [0.3, 0.4) is 0 Å². The van der Waals surface area contributed by atoms with Crippen molar-refractivity contribution < 1.29 is 9.18 Å². The van der Waals surface area contributed by atoms with Gasteiger partial charge in [-0.3, -0.25) is 9.69 Å². The Labute approximate surface area is 223 Å². The predicted molar refractivity (Wildman–Crippen MR) is 151 cm³/mol. The van der Waals surface area contributed by atoms with E-state index >= 15 is 0 Å². The summed E-state index contributed by atoms with van der Waals surface area (Å²) in [7, 11) is 0. The molecule has 2 aromatic carbocycles. The highest BCUT2D eigenvalue weighted by Crippen LogP contribution is 2.43. The minimum atomic E-state index is -0.206. The fourth-order valence-corrected chi connectivity index (χ4v) is 6.44. The zero-order valence-electron chi connectivity index (χ0n) is 21.8. The lowest BCUT2D eigenvalue weighted by molar-refractivity contribution is -0.120. The molecule has 5 rings (SSSR count). The van der Waals surface area contributed by atoms with E-state index in [1.807, 2.05) is 11.0 Å². The number of anilines is 2. The van der Waals surface area contributed by atoms with E-state index in [2.05, 4.69) is 60.9 Å². The second-order valence-electron chi connectivity index (χ2n) is 11.0. The number of hydrogen-bond donors (Lipinski definition) is 0. The molecule has 3 aromatic rings. The number of amides is 1. The Bertz CT molecular complexity index is 1270. The molecule has 8 heteroatoms. The molecule has 1 aromatic heterocycles. The lowest BCUT2D eigenvalue weighted by Crippen LogP contribution is -2.47. The first-order valence-electron chi connectivity index (χ1n) is 12.6. The Morgan fingerprint density at radius 1 is 1.11 bits per heavy atom. The number of benzene rings is 2. The molecule has 0 N–H and O–H groups in total. The highest BCUT2D eigenvalue weighted by atomic mass is 35.5. The van der Waals surface area contributed by atoms with Gasteiger partial charge in [-0.25, -0.2) is 4.39 Å². The number of piperazine rings is 1. The highest BCUT2D eigenvalue weighted by molar-refractivity contribution is 7.13. The van der Waals surface area contributed by atoms with Crippen molar-refractivity contribution in [2.75, 3.05) is 42.5 Å². The molecule has 0 atom stereocenters. The van der Waals surface area contributed by atoms with Gasteiger partial charge in [-0.1, -0.05) is 26.0 Å². The van der Waals surface area contributed by atoms with Crippen LogP contribution in [-0.2, 0) is 16.6 Å². The maximum absolute atomic E-state index is 13.8. The lowest BCUT2D eigenvalue weighted by atomic mass is 9.75. The monoisotopic (exact) mass is 530 g/mol. The Kier molecular flexibility index (Phi) is 7.65. The van der Waals surface area contributed by atoms with Crippen LogP contribution < -0.4 is 9.80 Å². The van der Waals surface area contributed by atoms with Gasteiger partial charge in [0.25, 0.3) is 0 Å². The van der Waals surface area contributed by atoms with Gasteiger partial charge in [0.2, 0.25) is 5.91 Å². The fraction of sp³-hybridized carbons (Fsp3) is 0.500. The number of aromatic nitrogens is 1. The van der Waals surface area contributed by atoms with Gasteiger partial charge < -0.3 is 9.80 Å². The average molecular weight is 531 g/mol. The highest BCUT2D eigenvalue weighted by Gasteiger charge is 2.38. The second kappa shape index (κ2) is 10.3. The van der Waals surface area contributed by atoms with Crippen molar-refractivity contribution >= 4 is 51.4 Å². The Morgan fingerprint density at radius 3 is 2.53 bits per heavy atom. The fourth-order valence-electron chi connectivity index (χ4n) is 5.66. The standard InChI is InChI=1S/C28H35FN4OS.ClH/c1-18(2)33-25(34)17-28(4,5)23-15-20(14-19(3)26(23)33)8-9-31-10-12-32(13-11-31)27-22-16-21(29)6-7-24(22)35-30-27;/h6-7,14-16,18H,8-13,17H2,1-5H3;1H. The summed E-state index contributed by atoms with van der Waals surface area (Å²) in [6, 6.07) is 9.70. The number of carbonyl (C=O) groups is 1. The van der Waals surface area contributed by atoms with Crippen LogP contribution >= 0.6 is 23.9 Å². The van der Waals surface area contributed by atoms with E-state index in [1.165, 1.54) is 34.3 Å². The maximum Gasteiger partial charge on any atom is 0.228 e. The van der Waals surface area contributed by atoms with Crippen LogP contribution in [0.5, 0.6) is 0 Å². The van der Waals surface area contributed by atoms with E-state index in [1.54, 1.807) is 6.07 Å². The van der Waals surface area contributed by atoms with Gasteiger partial charge in [0, 0.05) is 56.0 Å². The molecule has 0 bridgehead atoms.